The van der Waals surface area contributed by atoms with Crippen molar-refractivity contribution in [2.24, 2.45) is 0 Å². The number of carbonyl (C=O) groups is 2. The molecular formula is C12H14O4. The van der Waals surface area contributed by atoms with Crippen LogP contribution in [0.1, 0.15) is 11.1 Å². The molecule has 0 saturated carbocycles. The first-order chi connectivity index (χ1) is 7.65. The maximum atomic E-state index is 11.0. The van der Waals surface area contributed by atoms with E-state index < -0.39 is 6.61 Å². The van der Waals surface area contributed by atoms with Crippen molar-refractivity contribution in [3.8, 4) is 0 Å². The first kappa shape index (κ1) is 12.4. The molecule has 0 saturated heterocycles. The highest BCUT2D eigenvalue weighted by atomic mass is 16.5. The molecule has 0 atom stereocenters. The summed E-state index contributed by atoms with van der Waals surface area (Å²) in [5.41, 5.74) is 1.59. The van der Waals surface area contributed by atoms with Gasteiger partial charge in [-0.05, 0) is 11.1 Å². The van der Waals surface area contributed by atoms with Crippen molar-refractivity contribution >= 4 is 11.8 Å². The number of hydrogen-bond acceptors (Lipinski definition) is 4. The largest absolute Gasteiger partial charge is 0.469 e. The Morgan fingerprint density at radius 1 is 1.25 bits per heavy atom. The fourth-order valence-corrected chi connectivity index (χ4v) is 1.37. The number of ketones is 1. The first-order valence-electron chi connectivity index (χ1n) is 4.93. The van der Waals surface area contributed by atoms with Crippen LogP contribution in [-0.4, -0.2) is 30.6 Å². The second-order valence-corrected chi connectivity index (χ2v) is 3.45. The van der Waals surface area contributed by atoms with Gasteiger partial charge in [-0.15, -0.1) is 0 Å². The van der Waals surface area contributed by atoms with Crippen LogP contribution in [0.4, 0.5) is 0 Å². The van der Waals surface area contributed by atoms with Crippen molar-refractivity contribution in [3.63, 3.8) is 0 Å². The minimum Gasteiger partial charge on any atom is -0.469 e. The van der Waals surface area contributed by atoms with E-state index in [9.17, 15) is 9.59 Å². The molecule has 1 aromatic rings. The van der Waals surface area contributed by atoms with E-state index >= 15 is 0 Å². The smallest absolute Gasteiger partial charge is 0.309 e. The highest BCUT2D eigenvalue weighted by Gasteiger charge is 2.05. The van der Waals surface area contributed by atoms with Gasteiger partial charge in [-0.1, -0.05) is 24.3 Å². The second kappa shape index (κ2) is 6.02. The zero-order chi connectivity index (χ0) is 12.0. The van der Waals surface area contributed by atoms with Crippen molar-refractivity contribution in [2.75, 3.05) is 13.7 Å². The lowest BCUT2D eigenvalue weighted by Gasteiger charge is -2.03. The second-order valence-electron chi connectivity index (χ2n) is 3.45. The average molecular weight is 222 g/mol. The maximum absolute atomic E-state index is 11.0. The van der Waals surface area contributed by atoms with Crippen LogP contribution in [0, 0.1) is 0 Å². The van der Waals surface area contributed by atoms with Gasteiger partial charge in [0.05, 0.1) is 13.5 Å². The van der Waals surface area contributed by atoms with E-state index in [1.54, 1.807) is 24.3 Å². The molecule has 0 amide bonds. The van der Waals surface area contributed by atoms with E-state index in [-0.39, 0.29) is 24.6 Å². The van der Waals surface area contributed by atoms with Crippen LogP contribution in [0.5, 0.6) is 0 Å². The topological polar surface area (TPSA) is 63.6 Å². The molecule has 0 heterocycles. The van der Waals surface area contributed by atoms with E-state index in [2.05, 4.69) is 4.74 Å². The van der Waals surface area contributed by atoms with Crippen molar-refractivity contribution < 1.29 is 19.4 Å². The van der Waals surface area contributed by atoms with Gasteiger partial charge in [-0.3, -0.25) is 9.59 Å². The summed E-state index contributed by atoms with van der Waals surface area (Å²) in [6.07, 6.45) is 0.378. The lowest BCUT2D eigenvalue weighted by atomic mass is 10.0. The summed E-state index contributed by atoms with van der Waals surface area (Å²) in [7, 11) is 1.33. The molecule has 4 heteroatoms. The number of aliphatic hydroxyl groups excluding tert-OH is 1. The number of ether oxygens (including phenoxy) is 1. The van der Waals surface area contributed by atoms with Crippen molar-refractivity contribution in [1.82, 2.24) is 0 Å². The summed E-state index contributed by atoms with van der Waals surface area (Å²) in [5, 5.41) is 8.63. The third kappa shape index (κ3) is 3.82. The molecule has 1 N–H and O–H groups in total. The molecule has 86 valence electrons. The first-order valence-corrected chi connectivity index (χ1v) is 4.93. The highest BCUT2D eigenvalue weighted by Crippen LogP contribution is 2.07. The molecule has 16 heavy (non-hydrogen) atoms. The predicted molar refractivity (Wildman–Crippen MR) is 58.0 cm³/mol. The quantitative estimate of drug-likeness (QED) is 0.737. The Bertz CT molecular complexity index is 351. The molecule has 1 rings (SSSR count). The predicted octanol–water partition coefficient (Wildman–Crippen LogP) is 0.506. The van der Waals surface area contributed by atoms with Gasteiger partial charge < -0.3 is 9.84 Å². The normalized spacial score (nSPS) is 9.88. The Kier molecular flexibility index (Phi) is 4.66. The maximum Gasteiger partial charge on any atom is 0.309 e. The molecule has 0 aromatic heterocycles. The molecule has 0 radical (unpaired) electrons. The number of hydrogen-bond donors (Lipinski definition) is 1. The van der Waals surface area contributed by atoms with Crippen LogP contribution in [0.2, 0.25) is 0 Å². The number of esters is 1. The van der Waals surface area contributed by atoms with Gasteiger partial charge in [0.25, 0.3) is 0 Å². The van der Waals surface area contributed by atoms with E-state index in [4.69, 9.17) is 5.11 Å². The Hall–Kier alpha value is -1.68. The van der Waals surface area contributed by atoms with Crippen LogP contribution in [-0.2, 0) is 27.2 Å². The van der Waals surface area contributed by atoms with Gasteiger partial charge in [0.1, 0.15) is 6.61 Å². The molecule has 0 aliphatic rings. The molecule has 0 aliphatic heterocycles. The minimum atomic E-state index is -0.457. The Morgan fingerprint density at radius 3 is 2.44 bits per heavy atom. The van der Waals surface area contributed by atoms with Crippen LogP contribution in [0.15, 0.2) is 24.3 Å². The van der Waals surface area contributed by atoms with Gasteiger partial charge in [-0.2, -0.15) is 0 Å². The fraction of sp³-hybridized carbons (Fsp3) is 0.333. The number of Topliss-reactive ketones (excluding diaryl/α,β-unsaturated/α-hetero) is 1. The molecule has 0 fully saturated rings. The van der Waals surface area contributed by atoms with E-state index in [1.807, 2.05) is 0 Å². The van der Waals surface area contributed by atoms with Crippen LogP contribution in [0.25, 0.3) is 0 Å². The van der Waals surface area contributed by atoms with E-state index in [0.29, 0.717) is 0 Å². The van der Waals surface area contributed by atoms with E-state index in [1.165, 1.54) is 7.11 Å². The third-order valence-electron chi connectivity index (χ3n) is 2.15. The van der Waals surface area contributed by atoms with Crippen molar-refractivity contribution in [2.45, 2.75) is 12.8 Å². The van der Waals surface area contributed by atoms with Crippen LogP contribution >= 0.6 is 0 Å². The molecule has 0 unspecified atom stereocenters. The molecule has 4 nitrogen and oxygen atoms in total. The Balaban J connectivity index is 2.71. The van der Waals surface area contributed by atoms with Gasteiger partial charge in [0.15, 0.2) is 5.78 Å². The van der Waals surface area contributed by atoms with Gasteiger partial charge in [-0.25, -0.2) is 0 Å². The number of methoxy groups -OCH3 is 1. The number of rotatable bonds is 5. The molecule has 0 aliphatic carbocycles. The summed E-state index contributed by atoms with van der Waals surface area (Å²) in [6, 6.07) is 7.13. The SMILES string of the molecule is COC(=O)Cc1cccc(CC(=O)CO)c1. The standard InChI is InChI=1S/C12H14O4/c1-16-12(15)7-10-4-2-3-9(5-10)6-11(14)8-13/h2-5,13H,6-8H2,1H3. The highest BCUT2D eigenvalue weighted by molar-refractivity contribution is 5.82. The van der Waals surface area contributed by atoms with E-state index in [0.717, 1.165) is 11.1 Å². The van der Waals surface area contributed by atoms with Gasteiger partial charge >= 0.3 is 5.97 Å². The summed E-state index contributed by atoms with van der Waals surface area (Å²) >= 11 is 0. The summed E-state index contributed by atoms with van der Waals surface area (Å²) in [5.74, 6) is -0.555. The minimum absolute atomic E-state index is 0.186. The summed E-state index contributed by atoms with van der Waals surface area (Å²) in [6.45, 7) is -0.457. The lowest BCUT2D eigenvalue weighted by Crippen LogP contribution is -2.08. The van der Waals surface area contributed by atoms with Crippen molar-refractivity contribution in [1.29, 1.82) is 0 Å². The average Bonchev–Trinajstić information content (AvgIpc) is 2.29. The zero-order valence-electron chi connectivity index (χ0n) is 9.10. The molecule has 0 spiro atoms. The third-order valence-corrected chi connectivity index (χ3v) is 2.15. The Labute approximate surface area is 93.9 Å². The number of benzene rings is 1. The lowest BCUT2D eigenvalue weighted by molar-refractivity contribution is -0.139. The monoisotopic (exact) mass is 222 g/mol. The van der Waals surface area contributed by atoms with Crippen LogP contribution < -0.4 is 0 Å². The number of aliphatic hydroxyl groups is 1. The number of carbonyl (C=O) groups excluding carboxylic acids is 2. The summed E-state index contributed by atoms with van der Waals surface area (Å²) in [4.78, 5) is 22.1. The Morgan fingerprint density at radius 2 is 1.88 bits per heavy atom. The van der Waals surface area contributed by atoms with Gasteiger partial charge in [0, 0.05) is 6.42 Å². The molecular weight excluding hydrogens is 208 g/mol. The van der Waals surface area contributed by atoms with Crippen LogP contribution in [0.3, 0.4) is 0 Å². The zero-order valence-corrected chi connectivity index (χ0v) is 9.10. The summed E-state index contributed by atoms with van der Waals surface area (Å²) < 4.78 is 4.55. The molecule has 0 bridgehead atoms. The van der Waals surface area contributed by atoms with Crippen molar-refractivity contribution in [3.05, 3.63) is 35.4 Å². The molecule has 1 aromatic carbocycles. The van der Waals surface area contributed by atoms with Gasteiger partial charge in [0.2, 0.25) is 0 Å². The fourth-order valence-electron chi connectivity index (χ4n) is 1.37.